The van der Waals surface area contributed by atoms with E-state index in [0.717, 1.165) is 38.9 Å². The first kappa shape index (κ1) is 16.7. The minimum Gasteiger partial charge on any atom is -0.351 e. The van der Waals surface area contributed by atoms with Crippen LogP contribution in [0.1, 0.15) is 32.6 Å². The summed E-state index contributed by atoms with van der Waals surface area (Å²) in [7, 11) is -2.94. The highest BCUT2D eigenvalue weighted by Crippen LogP contribution is 2.13. The van der Waals surface area contributed by atoms with Crippen molar-refractivity contribution in [3.05, 3.63) is 0 Å². The number of amides is 1. The number of carbonyl (C=O) groups is 1. The number of nitrogens with zero attached hydrogens (tertiary/aromatic N) is 1. The van der Waals surface area contributed by atoms with E-state index < -0.39 is 9.84 Å². The molecule has 2 saturated heterocycles. The van der Waals surface area contributed by atoms with Crippen molar-refractivity contribution in [1.82, 2.24) is 15.5 Å². The molecule has 0 aromatic rings. The zero-order valence-electron chi connectivity index (χ0n) is 12.8. The average Bonchev–Trinajstić information content (AvgIpc) is 2.78. The van der Waals surface area contributed by atoms with Gasteiger partial charge in [-0.2, -0.15) is 0 Å². The number of piperidine rings is 1. The maximum atomic E-state index is 12.2. The number of hydrogen-bond donors (Lipinski definition) is 2. The fourth-order valence-electron chi connectivity index (χ4n) is 3.22. The molecule has 2 heterocycles. The molecule has 2 aliphatic rings. The molecule has 122 valence electrons. The monoisotopic (exact) mass is 317 g/mol. The summed E-state index contributed by atoms with van der Waals surface area (Å²) in [5.74, 6) is 0.259. The van der Waals surface area contributed by atoms with Crippen molar-refractivity contribution >= 4 is 15.7 Å². The summed E-state index contributed by atoms with van der Waals surface area (Å²) in [6.45, 7) is 5.44. The predicted molar refractivity (Wildman–Crippen MR) is 83.0 cm³/mol. The van der Waals surface area contributed by atoms with E-state index in [1.165, 1.54) is 0 Å². The second-order valence-electron chi connectivity index (χ2n) is 6.12. The van der Waals surface area contributed by atoms with E-state index in [9.17, 15) is 13.2 Å². The molecule has 1 unspecified atom stereocenters. The van der Waals surface area contributed by atoms with Gasteiger partial charge >= 0.3 is 0 Å². The molecule has 2 fully saturated rings. The van der Waals surface area contributed by atoms with E-state index in [0.29, 0.717) is 19.0 Å². The van der Waals surface area contributed by atoms with Gasteiger partial charge in [0, 0.05) is 12.1 Å². The van der Waals surface area contributed by atoms with Crippen LogP contribution in [0, 0.1) is 0 Å². The molecule has 6 nitrogen and oxygen atoms in total. The van der Waals surface area contributed by atoms with E-state index in [2.05, 4.69) is 22.5 Å². The second-order valence-corrected chi connectivity index (χ2v) is 8.35. The van der Waals surface area contributed by atoms with E-state index in [4.69, 9.17) is 0 Å². The molecular formula is C14H27N3O3S. The highest BCUT2D eigenvalue weighted by atomic mass is 32.2. The predicted octanol–water partition coefficient (Wildman–Crippen LogP) is -0.246. The largest absolute Gasteiger partial charge is 0.351 e. The normalized spacial score (nSPS) is 26.1. The molecule has 0 aliphatic carbocycles. The van der Waals surface area contributed by atoms with Gasteiger partial charge in [-0.25, -0.2) is 8.42 Å². The van der Waals surface area contributed by atoms with Crippen LogP contribution in [0.5, 0.6) is 0 Å². The van der Waals surface area contributed by atoms with Crippen molar-refractivity contribution in [2.45, 2.75) is 44.7 Å². The Bertz CT molecular complexity index is 446. The maximum absolute atomic E-state index is 12.2. The fourth-order valence-corrected chi connectivity index (χ4v) is 4.89. The van der Waals surface area contributed by atoms with Gasteiger partial charge in [0.05, 0.1) is 18.1 Å². The van der Waals surface area contributed by atoms with Gasteiger partial charge in [-0.3, -0.25) is 9.69 Å². The van der Waals surface area contributed by atoms with E-state index in [1.807, 2.05) is 0 Å². The third kappa shape index (κ3) is 5.23. The van der Waals surface area contributed by atoms with Crippen molar-refractivity contribution in [3.8, 4) is 0 Å². The third-order valence-electron chi connectivity index (χ3n) is 4.28. The maximum Gasteiger partial charge on any atom is 0.234 e. The zero-order chi connectivity index (χ0) is 15.3. The Hall–Kier alpha value is -0.660. The smallest absolute Gasteiger partial charge is 0.234 e. The molecule has 2 aliphatic heterocycles. The van der Waals surface area contributed by atoms with Gasteiger partial charge in [0.2, 0.25) is 5.91 Å². The van der Waals surface area contributed by atoms with Gasteiger partial charge in [-0.15, -0.1) is 0 Å². The van der Waals surface area contributed by atoms with Gasteiger partial charge in [0.25, 0.3) is 0 Å². The number of nitrogens with one attached hydrogen (secondary N) is 2. The Morgan fingerprint density at radius 2 is 2.00 bits per heavy atom. The van der Waals surface area contributed by atoms with E-state index >= 15 is 0 Å². The van der Waals surface area contributed by atoms with Crippen molar-refractivity contribution in [3.63, 3.8) is 0 Å². The Balaban J connectivity index is 1.83. The quantitative estimate of drug-likeness (QED) is 0.706. The molecule has 0 aromatic carbocycles. The van der Waals surface area contributed by atoms with E-state index in [1.54, 1.807) is 0 Å². The SMILES string of the molecule is CCCN(CC(=O)NC1CCS(=O)(=O)C1)C1CCNCC1. The number of sulfone groups is 1. The van der Waals surface area contributed by atoms with Crippen LogP contribution in [0.2, 0.25) is 0 Å². The van der Waals surface area contributed by atoms with Crippen LogP contribution < -0.4 is 10.6 Å². The molecule has 2 rings (SSSR count). The fraction of sp³-hybridized carbons (Fsp3) is 0.929. The van der Waals surface area contributed by atoms with Crippen molar-refractivity contribution in [1.29, 1.82) is 0 Å². The number of hydrogen-bond acceptors (Lipinski definition) is 5. The van der Waals surface area contributed by atoms with Gasteiger partial charge in [-0.05, 0) is 45.3 Å². The van der Waals surface area contributed by atoms with Crippen molar-refractivity contribution in [2.24, 2.45) is 0 Å². The number of rotatable bonds is 6. The molecule has 0 spiro atoms. The summed E-state index contributed by atoms with van der Waals surface area (Å²) in [4.78, 5) is 14.4. The average molecular weight is 317 g/mol. The summed E-state index contributed by atoms with van der Waals surface area (Å²) < 4.78 is 22.9. The third-order valence-corrected chi connectivity index (χ3v) is 6.05. The molecule has 2 N–H and O–H groups in total. The minimum atomic E-state index is -2.94. The highest BCUT2D eigenvalue weighted by molar-refractivity contribution is 7.91. The molecule has 1 atom stereocenters. The molecule has 1 amide bonds. The van der Waals surface area contributed by atoms with Crippen molar-refractivity contribution < 1.29 is 13.2 Å². The standard InChI is InChI=1S/C14H27N3O3S/c1-2-8-17(13-3-6-15-7-4-13)10-14(18)16-12-5-9-21(19,20)11-12/h12-13,15H,2-11H2,1H3,(H,16,18). The Morgan fingerprint density at radius 3 is 2.57 bits per heavy atom. The molecule has 0 bridgehead atoms. The second kappa shape index (κ2) is 7.56. The summed E-state index contributed by atoms with van der Waals surface area (Å²) in [5.41, 5.74) is 0. The molecule has 0 radical (unpaired) electrons. The first-order chi connectivity index (χ1) is 10.00. The van der Waals surface area contributed by atoms with Crippen LogP contribution in [0.25, 0.3) is 0 Å². The highest BCUT2D eigenvalue weighted by Gasteiger charge is 2.30. The molecule has 7 heteroatoms. The van der Waals surface area contributed by atoms with Gasteiger partial charge in [-0.1, -0.05) is 6.92 Å². The lowest BCUT2D eigenvalue weighted by Gasteiger charge is -2.34. The molecule has 0 aromatic heterocycles. The van der Waals surface area contributed by atoms with Crippen LogP contribution in [-0.4, -0.2) is 69.0 Å². The van der Waals surface area contributed by atoms with Crippen LogP contribution in [0.3, 0.4) is 0 Å². The summed E-state index contributed by atoms with van der Waals surface area (Å²) in [6.07, 6.45) is 3.72. The molecule has 0 saturated carbocycles. The zero-order valence-corrected chi connectivity index (χ0v) is 13.6. The van der Waals surface area contributed by atoms with Gasteiger partial charge < -0.3 is 10.6 Å². The minimum absolute atomic E-state index is 0.0379. The summed E-state index contributed by atoms with van der Waals surface area (Å²) in [5, 5.41) is 6.23. The number of carbonyl (C=O) groups excluding carboxylic acids is 1. The van der Waals surface area contributed by atoms with Crippen LogP contribution >= 0.6 is 0 Å². The first-order valence-corrected chi connectivity index (χ1v) is 9.77. The Kier molecular flexibility index (Phi) is 6.01. The lowest BCUT2D eigenvalue weighted by molar-refractivity contribution is -0.123. The van der Waals surface area contributed by atoms with Gasteiger partial charge in [0.15, 0.2) is 9.84 Å². The first-order valence-electron chi connectivity index (χ1n) is 7.94. The van der Waals surface area contributed by atoms with Crippen LogP contribution in [-0.2, 0) is 14.6 Å². The van der Waals surface area contributed by atoms with Crippen LogP contribution in [0.15, 0.2) is 0 Å². The lowest BCUT2D eigenvalue weighted by atomic mass is 10.0. The summed E-state index contributed by atoms with van der Waals surface area (Å²) >= 11 is 0. The van der Waals surface area contributed by atoms with Gasteiger partial charge in [0.1, 0.15) is 0 Å². The Labute approximate surface area is 127 Å². The lowest BCUT2D eigenvalue weighted by Crippen LogP contribution is -2.49. The van der Waals surface area contributed by atoms with Crippen molar-refractivity contribution in [2.75, 3.05) is 37.7 Å². The molecule has 21 heavy (non-hydrogen) atoms. The molecular weight excluding hydrogens is 290 g/mol. The summed E-state index contributed by atoms with van der Waals surface area (Å²) in [6, 6.07) is 0.267. The van der Waals surface area contributed by atoms with E-state index in [-0.39, 0.29) is 23.5 Å². The topological polar surface area (TPSA) is 78.5 Å². The van der Waals surface area contributed by atoms with Crippen LogP contribution in [0.4, 0.5) is 0 Å². The Morgan fingerprint density at radius 1 is 1.29 bits per heavy atom.